The first kappa shape index (κ1) is 49.8. The molecule has 2 saturated carbocycles. The monoisotopic (exact) mass is 985 g/mol. The number of nitrogens with one attached hydrogen (secondary N) is 1. The van der Waals surface area contributed by atoms with Crippen LogP contribution >= 0.6 is 21.6 Å². The van der Waals surface area contributed by atoms with E-state index in [9.17, 15) is 30.6 Å². The summed E-state index contributed by atoms with van der Waals surface area (Å²) in [4.78, 5) is 20.9. The number of benzene rings is 5. The van der Waals surface area contributed by atoms with E-state index in [0.717, 1.165) is 81.8 Å². The van der Waals surface area contributed by atoms with Gasteiger partial charge < -0.3 is 50.4 Å². The largest absolute Gasteiger partial charge is 0.670 e. The lowest BCUT2D eigenvalue weighted by Gasteiger charge is -2.49. The lowest BCUT2D eigenvalue weighted by Crippen LogP contribution is -2.61. The molecule has 0 radical (unpaired) electrons. The first-order valence-electron chi connectivity index (χ1n) is 24.7. The van der Waals surface area contributed by atoms with Crippen molar-refractivity contribution >= 4 is 38.1 Å². The SMILES string of the molecule is CCc1ccc2cccc3c2c1Cc1c(ccc(O)c1OC)C[C@@H](Cc1cc[n-]c1)[C@H](O)[C@@H]1C(=O)[C@@](Cc2ccc(O)c(OC4CCCC4)c2)(c2cc(O)cc(CNC)c2)[C@@H](O)C[C@H]1CSS[C@H]3CO. The zero-order chi connectivity index (χ0) is 49.1. The van der Waals surface area contributed by atoms with Crippen LogP contribution in [0, 0.1) is 17.8 Å². The molecule has 13 heteroatoms. The zero-order valence-electron chi connectivity index (χ0n) is 40.1. The third kappa shape index (κ3) is 9.90. The molecule has 7 atom stereocenters. The van der Waals surface area contributed by atoms with Crippen LogP contribution in [0.1, 0.15) is 94.3 Å². The molecule has 0 saturated heterocycles. The van der Waals surface area contributed by atoms with Crippen LogP contribution in [0.3, 0.4) is 0 Å². The van der Waals surface area contributed by atoms with Crippen LogP contribution in [0.15, 0.2) is 97.3 Å². The molecule has 0 bridgehead atoms. The van der Waals surface area contributed by atoms with E-state index in [1.807, 2.05) is 24.3 Å². The number of fused-ring (bicyclic) bond motifs is 2. The number of ether oxygens (including phenoxy) is 2. The van der Waals surface area contributed by atoms with Crippen molar-refractivity contribution in [2.75, 3.05) is 26.5 Å². The number of aryl methyl sites for hydroxylation is 1. The molecular formula is C57H65N2O9S2-. The molecule has 0 unspecified atom stereocenters. The number of rotatable bonds is 12. The zero-order valence-corrected chi connectivity index (χ0v) is 41.8. The highest BCUT2D eigenvalue weighted by molar-refractivity contribution is 8.76. The van der Waals surface area contributed by atoms with Gasteiger partial charge >= 0.3 is 0 Å². The fourth-order valence-corrected chi connectivity index (χ4v) is 14.7. The first-order chi connectivity index (χ1) is 34.0. The van der Waals surface area contributed by atoms with E-state index in [2.05, 4.69) is 41.5 Å². The van der Waals surface area contributed by atoms with Crippen LogP contribution in [-0.4, -0.2) is 81.3 Å². The number of hydrogen-bond acceptors (Lipinski definition) is 12. The number of aromatic nitrogens is 1. The average Bonchev–Trinajstić information content (AvgIpc) is 4.08. The van der Waals surface area contributed by atoms with Crippen molar-refractivity contribution in [3.8, 4) is 28.7 Å². The van der Waals surface area contributed by atoms with E-state index >= 15 is 4.79 Å². The second-order valence-electron chi connectivity index (χ2n) is 19.6. The van der Waals surface area contributed by atoms with Crippen LogP contribution in [0.4, 0.5) is 0 Å². The average molecular weight is 986 g/mol. The maximum Gasteiger partial charge on any atom is 0.164 e. The summed E-state index contributed by atoms with van der Waals surface area (Å²) in [5.41, 5.74) is 5.84. The summed E-state index contributed by atoms with van der Waals surface area (Å²) in [6.45, 7) is 2.36. The summed E-state index contributed by atoms with van der Waals surface area (Å²) in [6, 6.07) is 26.1. The summed E-state index contributed by atoms with van der Waals surface area (Å²) in [6.07, 6.45) is 6.76. The Hall–Kier alpha value is -5.15. The van der Waals surface area contributed by atoms with Gasteiger partial charge in [-0.3, -0.25) is 4.79 Å². The number of hydrogen-bond donors (Lipinski definition) is 7. The topological polar surface area (TPSA) is 183 Å². The predicted octanol–water partition coefficient (Wildman–Crippen LogP) is 9.05. The second-order valence-corrected chi connectivity index (χ2v) is 22.2. The maximum atomic E-state index is 16.5. The number of aliphatic hydroxyl groups is 3. The number of ketones is 1. The van der Waals surface area contributed by atoms with Gasteiger partial charge in [-0.15, -0.1) is 0 Å². The molecule has 3 aliphatic rings. The number of phenols is 3. The van der Waals surface area contributed by atoms with Crippen molar-refractivity contribution in [3.63, 3.8) is 0 Å². The van der Waals surface area contributed by atoms with Crippen LogP contribution in [-0.2, 0) is 48.9 Å². The number of aliphatic hydroxyl groups excluding tert-OH is 3. The van der Waals surface area contributed by atoms with Crippen molar-refractivity contribution in [3.05, 3.63) is 147 Å². The molecular weight excluding hydrogens is 921 g/mol. The molecule has 0 spiro atoms. The normalized spacial score (nSPS) is 24.4. The number of phenolic OH excluding ortho intramolecular Hbond substituents is 3. The molecule has 2 heterocycles. The van der Waals surface area contributed by atoms with E-state index in [1.54, 1.807) is 62.9 Å². The van der Waals surface area contributed by atoms with Crippen molar-refractivity contribution in [1.29, 1.82) is 0 Å². The quantitative estimate of drug-likeness (QED) is 0.0578. The van der Waals surface area contributed by atoms with Crippen molar-refractivity contribution < 1.29 is 44.9 Å². The Bertz CT molecular complexity index is 2800. The van der Waals surface area contributed by atoms with Gasteiger partial charge in [0.25, 0.3) is 0 Å². The van der Waals surface area contributed by atoms with Gasteiger partial charge in [0.05, 0.1) is 42.7 Å². The van der Waals surface area contributed by atoms with Crippen LogP contribution in [0.25, 0.3) is 10.8 Å². The molecule has 2 aliphatic carbocycles. The Morgan fingerprint density at radius 2 is 1.71 bits per heavy atom. The summed E-state index contributed by atoms with van der Waals surface area (Å²) >= 11 is 0. The minimum absolute atomic E-state index is 0.0000540. The smallest absolute Gasteiger partial charge is 0.164 e. The summed E-state index contributed by atoms with van der Waals surface area (Å²) in [5.74, 6) is -1.48. The van der Waals surface area contributed by atoms with Gasteiger partial charge in [0.2, 0.25) is 0 Å². The highest BCUT2D eigenvalue weighted by Gasteiger charge is 2.58. The summed E-state index contributed by atoms with van der Waals surface area (Å²) < 4.78 is 12.4. The molecule has 2 fully saturated rings. The lowest BCUT2D eigenvalue weighted by atomic mass is 9.55. The molecule has 7 N–H and O–H groups in total. The number of Topliss-reactive ketones (excluding diaryl/α,β-unsaturated/α-hetero) is 1. The number of carbonyl (C=O) groups is 1. The molecule has 9 rings (SSSR count). The fraction of sp³-hybridized carbons (Fsp3) is 0.421. The summed E-state index contributed by atoms with van der Waals surface area (Å²) in [7, 11) is 6.42. The Kier molecular flexibility index (Phi) is 15.4. The maximum absolute atomic E-state index is 16.5. The van der Waals surface area contributed by atoms with Crippen molar-refractivity contribution in [2.45, 2.75) is 107 Å². The number of nitrogens with zero attached hydrogens (tertiary/aromatic N) is 1. The molecule has 1 aromatic heterocycles. The molecule has 70 heavy (non-hydrogen) atoms. The number of aromatic hydroxyl groups is 3. The standard InChI is InChI=1S/C57H65N2O9S2/c1-4-36-13-14-37-8-7-11-44-50(31-60)70-69-32-40-25-51(64)57(41-21-35(29-58-2)22-42(61)26-41,28-33-12-16-47(62)49(23-33)68-43-9-5-6-10-43)56(66)53(40)54(65)39(20-34-18-19-59-30-34)24-38-15-17-48(63)55(67-3)46(38)27-45(36)52(37)44/h7-8,11-19,21-23,26,30,39-40,43,50-51,53-54,58,60-65H,4-6,9-10,20,24-25,27-29,31-32H2,1-3H3/q-1/t39-,40+,50+,51+,53-,54+,57+/m1/s1. The van der Waals surface area contributed by atoms with Gasteiger partial charge in [-0.05, 0) is 157 Å². The number of methoxy groups -OCH3 is 1. The third-order valence-corrected chi connectivity index (χ3v) is 18.2. The molecule has 370 valence electrons. The minimum Gasteiger partial charge on any atom is -0.670 e. The van der Waals surface area contributed by atoms with Gasteiger partial charge in [-0.2, -0.15) is 12.4 Å². The van der Waals surface area contributed by atoms with Gasteiger partial charge in [-0.1, -0.05) is 88.7 Å². The van der Waals surface area contributed by atoms with E-state index in [1.165, 1.54) is 21.6 Å². The second kappa shape index (κ2) is 21.7. The van der Waals surface area contributed by atoms with Crippen molar-refractivity contribution in [2.24, 2.45) is 17.8 Å². The minimum atomic E-state index is -1.66. The summed E-state index contributed by atoms with van der Waals surface area (Å²) in [5, 5.41) is 76.3. The predicted molar refractivity (Wildman–Crippen MR) is 277 cm³/mol. The van der Waals surface area contributed by atoms with Gasteiger partial charge in [0.15, 0.2) is 28.8 Å². The Labute approximate surface area is 418 Å². The van der Waals surface area contributed by atoms with Crippen molar-refractivity contribution in [1.82, 2.24) is 10.3 Å². The van der Waals surface area contributed by atoms with E-state index in [-0.39, 0.29) is 53.8 Å². The van der Waals surface area contributed by atoms with Gasteiger partial charge in [-0.25, -0.2) is 0 Å². The van der Waals surface area contributed by atoms with E-state index < -0.39 is 35.4 Å². The fourth-order valence-electron chi connectivity index (χ4n) is 11.9. The number of carbonyl (C=O) groups excluding carboxylic acids is 1. The van der Waals surface area contributed by atoms with Gasteiger partial charge in [0.1, 0.15) is 5.75 Å². The van der Waals surface area contributed by atoms with Crippen LogP contribution in [0.2, 0.25) is 0 Å². The molecule has 5 aromatic carbocycles. The highest BCUT2D eigenvalue weighted by Crippen LogP contribution is 2.52. The van der Waals surface area contributed by atoms with Gasteiger partial charge in [0, 0.05) is 30.2 Å². The molecule has 1 aliphatic heterocycles. The Morgan fingerprint density at radius 3 is 2.46 bits per heavy atom. The first-order valence-corrected chi connectivity index (χ1v) is 27.1. The highest BCUT2D eigenvalue weighted by atomic mass is 33.1. The third-order valence-electron chi connectivity index (χ3n) is 15.3. The van der Waals surface area contributed by atoms with Crippen LogP contribution in [0.5, 0.6) is 28.7 Å². The Balaban J connectivity index is 1.23. The van der Waals surface area contributed by atoms with E-state index in [0.29, 0.717) is 54.2 Å². The Morgan fingerprint density at radius 1 is 0.900 bits per heavy atom. The molecule has 0 amide bonds. The molecule has 6 aromatic rings. The van der Waals surface area contributed by atoms with Crippen LogP contribution < -0.4 is 19.8 Å². The lowest BCUT2D eigenvalue weighted by molar-refractivity contribution is -0.149. The van der Waals surface area contributed by atoms with E-state index in [4.69, 9.17) is 9.47 Å². The molecule has 11 nitrogen and oxygen atoms in total.